The molecule has 0 fully saturated rings. The molecule has 0 aliphatic carbocycles. The molecule has 1 aliphatic heterocycles. The fourth-order valence-corrected chi connectivity index (χ4v) is 3.33. The Morgan fingerprint density at radius 2 is 1.76 bits per heavy atom. The van der Waals surface area contributed by atoms with E-state index in [0.29, 0.717) is 0 Å². The van der Waals surface area contributed by atoms with E-state index in [2.05, 4.69) is 50.2 Å². The number of hydrogen-bond acceptors (Lipinski definition) is 1. The fraction of sp³-hybridized carbons (Fsp3) is 0.368. The molecule has 110 valence electrons. The summed E-state index contributed by atoms with van der Waals surface area (Å²) in [6.45, 7) is 7.83. The monoisotopic (exact) mass is 282 g/mol. The Kier molecular flexibility index (Phi) is 3.98. The van der Waals surface area contributed by atoms with Gasteiger partial charge in [0.2, 0.25) is 0 Å². The highest BCUT2D eigenvalue weighted by Crippen LogP contribution is 2.23. The number of ether oxygens (including phenoxy) is 1. The smallest absolute Gasteiger partial charge is 0.122 e. The molecule has 0 spiro atoms. The fourth-order valence-electron chi connectivity index (χ4n) is 3.33. The zero-order valence-electron chi connectivity index (χ0n) is 13.2. The van der Waals surface area contributed by atoms with Crippen molar-refractivity contribution in [2.45, 2.75) is 33.4 Å². The van der Waals surface area contributed by atoms with Gasteiger partial charge in [0, 0.05) is 17.5 Å². The topological polar surface area (TPSA) is 13.7 Å². The molecule has 2 heteroatoms. The van der Waals surface area contributed by atoms with Crippen LogP contribution >= 0.6 is 0 Å². The summed E-state index contributed by atoms with van der Waals surface area (Å²) in [4.78, 5) is 1.65. The van der Waals surface area contributed by atoms with Crippen molar-refractivity contribution in [3.05, 3.63) is 64.2 Å². The van der Waals surface area contributed by atoms with Crippen molar-refractivity contribution in [3.8, 4) is 5.75 Å². The Labute approximate surface area is 127 Å². The van der Waals surface area contributed by atoms with Gasteiger partial charge in [-0.2, -0.15) is 0 Å². The zero-order valence-corrected chi connectivity index (χ0v) is 13.2. The van der Waals surface area contributed by atoms with Gasteiger partial charge >= 0.3 is 0 Å². The molecule has 1 unspecified atom stereocenters. The van der Waals surface area contributed by atoms with E-state index in [9.17, 15) is 0 Å². The van der Waals surface area contributed by atoms with Gasteiger partial charge in [0.25, 0.3) is 0 Å². The van der Waals surface area contributed by atoms with Gasteiger partial charge in [-0.1, -0.05) is 24.3 Å². The molecule has 0 bridgehead atoms. The average Bonchev–Trinajstić information content (AvgIpc) is 2.52. The highest BCUT2D eigenvalue weighted by atomic mass is 16.5. The first-order chi connectivity index (χ1) is 10.2. The van der Waals surface area contributed by atoms with Crippen molar-refractivity contribution >= 4 is 0 Å². The van der Waals surface area contributed by atoms with Crippen LogP contribution in [0.2, 0.25) is 0 Å². The number of methoxy groups -OCH3 is 1. The van der Waals surface area contributed by atoms with Crippen LogP contribution in [0.25, 0.3) is 0 Å². The van der Waals surface area contributed by atoms with Crippen molar-refractivity contribution in [2.24, 2.45) is 0 Å². The molecule has 1 N–H and O–H groups in total. The van der Waals surface area contributed by atoms with E-state index >= 15 is 0 Å². The second-order valence-electron chi connectivity index (χ2n) is 6.05. The third-order valence-corrected chi connectivity index (χ3v) is 4.82. The first kappa shape index (κ1) is 14.2. The molecule has 3 rings (SSSR count). The summed E-state index contributed by atoms with van der Waals surface area (Å²) in [7, 11) is 1.74. The lowest BCUT2D eigenvalue weighted by molar-refractivity contribution is -0.929. The van der Waals surface area contributed by atoms with E-state index in [1.807, 2.05) is 0 Å². The maximum Gasteiger partial charge on any atom is 0.122 e. The highest BCUT2D eigenvalue weighted by Gasteiger charge is 2.20. The molecule has 1 atom stereocenters. The lowest BCUT2D eigenvalue weighted by Crippen LogP contribution is -3.10. The van der Waals surface area contributed by atoms with Crippen molar-refractivity contribution in [3.63, 3.8) is 0 Å². The molecule has 1 aliphatic rings. The van der Waals surface area contributed by atoms with Crippen molar-refractivity contribution < 1.29 is 9.64 Å². The van der Waals surface area contributed by atoms with Crippen LogP contribution in [0.3, 0.4) is 0 Å². The van der Waals surface area contributed by atoms with Crippen LogP contribution in [0.5, 0.6) is 5.75 Å². The van der Waals surface area contributed by atoms with E-state index in [0.717, 1.165) is 18.8 Å². The molecule has 2 nitrogen and oxygen atoms in total. The minimum Gasteiger partial charge on any atom is -0.496 e. The number of fused-ring (bicyclic) bond motifs is 1. The zero-order chi connectivity index (χ0) is 14.8. The van der Waals surface area contributed by atoms with Crippen LogP contribution in [0.1, 0.15) is 27.8 Å². The SMILES string of the molecule is COc1ccc(C[NH+]2CCc3ccccc3C2)c(C)c1C. The number of rotatable bonds is 3. The molecular formula is C19H24NO+. The maximum absolute atomic E-state index is 5.41. The first-order valence-corrected chi connectivity index (χ1v) is 7.72. The van der Waals surface area contributed by atoms with Gasteiger partial charge < -0.3 is 9.64 Å². The first-order valence-electron chi connectivity index (χ1n) is 7.72. The quantitative estimate of drug-likeness (QED) is 0.913. The van der Waals surface area contributed by atoms with Crippen LogP contribution in [0, 0.1) is 13.8 Å². The molecular weight excluding hydrogens is 258 g/mol. The summed E-state index contributed by atoms with van der Waals surface area (Å²) in [5, 5.41) is 0. The van der Waals surface area contributed by atoms with Gasteiger partial charge in [-0.25, -0.2) is 0 Å². The van der Waals surface area contributed by atoms with Crippen LogP contribution in [-0.4, -0.2) is 13.7 Å². The predicted octanol–water partition coefficient (Wildman–Crippen LogP) is 2.45. The number of hydrogen-bond donors (Lipinski definition) is 1. The Morgan fingerprint density at radius 3 is 2.52 bits per heavy atom. The van der Waals surface area contributed by atoms with Crippen molar-refractivity contribution in [2.75, 3.05) is 13.7 Å². The van der Waals surface area contributed by atoms with E-state index in [4.69, 9.17) is 4.74 Å². The normalized spacial score (nSPS) is 17.4. The summed E-state index contributed by atoms with van der Waals surface area (Å²) in [6.07, 6.45) is 1.19. The molecule has 2 aromatic rings. The minimum atomic E-state index is 0.996. The van der Waals surface area contributed by atoms with Gasteiger partial charge in [0.05, 0.1) is 13.7 Å². The van der Waals surface area contributed by atoms with E-state index in [1.165, 1.54) is 40.8 Å². The Balaban J connectivity index is 1.78. The van der Waals surface area contributed by atoms with Gasteiger partial charge in [-0.3, -0.25) is 0 Å². The molecule has 0 saturated heterocycles. The van der Waals surface area contributed by atoms with E-state index in [1.54, 1.807) is 12.0 Å². The summed E-state index contributed by atoms with van der Waals surface area (Å²) in [5.74, 6) is 0.996. The van der Waals surface area contributed by atoms with Gasteiger partial charge in [0.15, 0.2) is 0 Å². The van der Waals surface area contributed by atoms with Gasteiger partial charge in [-0.05, 0) is 42.7 Å². The summed E-state index contributed by atoms with van der Waals surface area (Å²) in [5.41, 5.74) is 7.14. The molecule has 21 heavy (non-hydrogen) atoms. The lowest BCUT2D eigenvalue weighted by Gasteiger charge is -2.26. The second kappa shape index (κ2) is 5.90. The van der Waals surface area contributed by atoms with Crippen molar-refractivity contribution in [1.29, 1.82) is 0 Å². The molecule has 0 radical (unpaired) electrons. The van der Waals surface area contributed by atoms with E-state index in [-0.39, 0.29) is 0 Å². The standard InChI is InChI=1S/C19H23NO/c1-14-15(2)19(21-3)9-8-17(14)12-20-11-10-16-6-4-5-7-18(16)13-20/h4-9H,10-13H2,1-3H3/p+1. The molecule has 0 aromatic heterocycles. The number of quaternary nitrogens is 1. The molecule has 0 amide bonds. The van der Waals surface area contributed by atoms with Crippen LogP contribution in [0.15, 0.2) is 36.4 Å². The molecule has 0 saturated carbocycles. The van der Waals surface area contributed by atoms with Gasteiger partial charge in [0.1, 0.15) is 18.8 Å². The summed E-state index contributed by atoms with van der Waals surface area (Å²) >= 11 is 0. The minimum absolute atomic E-state index is 0.996. The maximum atomic E-state index is 5.41. The number of nitrogens with one attached hydrogen (secondary N) is 1. The van der Waals surface area contributed by atoms with Crippen LogP contribution in [-0.2, 0) is 19.5 Å². The highest BCUT2D eigenvalue weighted by molar-refractivity contribution is 5.43. The largest absolute Gasteiger partial charge is 0.496 e. The lowest BCUT2D eigenvalue weighted by atomic mass is 9.98. The second-order valence-corrected chi connectivity index (χ2v) is 6.05. The average molecular weight is 282 g/mol. The third kappa shape index (κ3) is 2.81. The Hall–Kier alpha value is -1.80. The summed E-state index contributed by atoms with van der Waals surface area (Å²) < 4.78 is 5.41. The van der Waals surface area contributed by atoms with Gasteiger partial charge in [-0.15, -0.1) is 0 Å². The molecule has 1 heterocycles. The number of benzene rings is 2. The Bertz CT molecular complexity index is 648. The Morgan fingerprint density at radius 1 is 1.00 bits per heavy atom. The summed E-state index contributed by atoms with van der Waals surface area (Å²) in [6, 6.07) is 13.2. The van der Waals surface area contributed by atoms with Crippen LogP contribution < -0.4 is 9.64 Å². The van der Waals surface area contributed by atoms with Crippen LogP contribution in [0.4, 0.5) is 0 Å². The van der Waals surface area contributed by atoms with Crippen molar-refractivity contribution in [1.82, 2.24) is 0 Å². The van der Waals surface area contributed by atoms with E-state index < -0.39 is 0 Å². The third-order valence-electron chi connectivity index (χ3n) is 4.82. The predicted molar refractivity (Wildman–Crippen MR) is 85.9 cm³/mol. The molecule has 2 aromatic carbocycles.